The van der Waals surface area contributed by atoms with Crippen LogP contribution in [0.25, 0.3) is 0 Å². The molecule has 0 saturated heterocycles. The van der Waals surface area contributed by atoms with E-state index in [0.29, 0.717) is 5.41 Å². The summed E-state index contributed by atoms with van der Waals surface area (Å²) in [5.74, 6) is 0. The molecule has 90 valence electrons. The molecule has 0 aromatic carbocycles. The summed E-state index contributed by atoms with van der Waals surface area (Å²) in [5.41, 5.74) is 0.594. The van der Waals surface area contributed by atoms with Crippen LogP contribution in [0.2, 0.25) is 0 Å². The van der Waals surface area contributed by atoms with Crippen LogP contribution in [0.4, 0.5) is 0 Å². The van der Waals surface area contributed by atoms with E-state index < -0.39 is 0 Å². The second kappa shape index (κ2) is 7.24. The van der Waals surface area contributed by atoms with E-state index in [1.165, 1.54) is 51.6 Å². The highest BCUT2D eigenvalue weighted by Gasteiger charge is 2.25. The summed E-state index contributed by atoms with van der Waals surface area (Å²) in [6.07, 6.45) is 8.44. The minimum atomic E-state index is 0.594. The fraction of sp³-hybridized carbons (Fsp3) is 1.00. The highest BCUT2D eigenvalue weighted by molar-refractivity contribution is 4.80. The van der Waals surface area contributed by atoms with Crippen LogP contribution in [0.3, 0.4) is 0 Å². The molecule has 2 N–H and O–H groups in total. The van der Waals surface area contributed by atoms with Gasteiger partial charge in [0.2, 0.25) is 0 Å². The van der Waals surface area contributed by atoms with Crippen molar-refractivity contribution in [2.45, 2.75) is 52.4 Å². The molecule has 0 unspecified atom stereocenters. The average molecular weight is 212 g/mol. The minimum Gasteiger partial charge on any atom is -0.317 e. The fourth-order valence-electron chi connectivity index (χ4n) is 2.49. The third kappa shape index (κ3) is 5.53. The van der Waals surface area contributed by atoms with E-state index >= 15 is 0 Å². The van der Waals surface area contributed by atoms with E-state index in [-0.39, 0.29) is 0 Å². The summed E-state index contributed by atoms with van der Waals surface area (Å²) in [6, 6.07) is 0. The molecular weight excluding hydrogens is 184 g/mol. The maximum absolute atomic E-state index is 3.61. The number of nitrogens with one attached hydrogen (secondary N) is 2. The molecule has 0 aromatic heterocycles. The van der Waals surface area contributed by atoms with Crippen molar-refractivity contribution in [3.63, 3.8) is 0 Å². The average Bonchev–Trinajstić information content (AvgIpc) is 2.24. The second-order valence-corrected chi connectivity index (χ2v) is 5.26. The molecule has 1 aliphatic carbocycles. The van der Waals surface area contributed by atoms with Gasteiger partial charge in [0.05, 0.1) is 0 Å². The largest absolute Gasteiger partial charge is 0.317 e. The smallest absolute Gasteiger partial charge is 0.000517 e. The SMILES string of the molecule is CCNCCCNCC1(C)CCCCC1. The summed E-state index contributed by atoms with van der Waals surface area (Å²) >= 11 is 0. The molecule has 2 heteroatoms. The fourth-order valence-corrected chi connectivity index (χ4v) is 2.49. The van der Waals surface area contributed by atoms with Gasteiger partial charge in [-0.15, -0.1) is 0 Å². The van der Waals surface area contributed by atoms with E-state index in [1.54, 1.807) is 0 Å². The molecule has 1 aliphatic rings. The Morgan fingerprint density at radius 1 is 1.00 bits per heavy atom. The molecule has 1 fully saturated rings. The first-order valence-electron chi connectivity index (χ1n) is 6.68. The molecule has 0 heterocycles. The van der Waals surface area contributed by atoms with Crippen LogP contribution in [-0.4, -0.2) is 26.2 Å². The maximum atomic E-state index is 3.61. The van der Waals surface area contributed by atoms with Gasteiger partial charge in [-0.3, -0.25) is 0 Å². The molecule has 0 aliphatic heterocycles. The van der Waals surface area contributed by atoms with Gasteiger partial charge >= 0.3 is 0 Å². The Hall–Kier alpha value is -0.0800. The molecule has 0 atom stereocenters. The Morgan fingerprint density at radius 2 is 1.67 bits per heavy atom. The Morgan fingerprint density at radius 3 is 2.33 bits per heavy atom. The van der Waals surface area contributed by atoms with E-state index in [9.17, 15) is 0 Å². The maximum Gasteiger partial charge on any atom is 0.000517 e. The zero-order chi connectivity index (χ0) is 11.0. The van der Waals surface area contributed by atoms with Gasteiger partial charge in [0, 0.05) is 6.54 Å². The van der Waals surface area contributed by atoms with Gasteiger partial charge in [0.1, 0.15) is 0 Å². The molecule has 0 spiro atoms. The van der Waals surface area contributed by atoms with Crippen LogP contribution in [0.5, 0.6) is 0 Å². The lowest BCUT2D eigenvalue weighted by molar-refractivity contribution is 0.208. The number of hydrogen-bond donors (Lipinski definition) is 2. The van der Waals surface area contributed by atoms with Gasteiger partial charge in [0.25, 0.3) is 0 Å². The van der Waals surface area contributed by atoms with Gasteiger partial charge in [-0.05, 0) is 44.3 Å². The summed E-state index contributed by atoms with van der Waals surface area (Å²) < 4.78 is 0. The molecule has 0 bridgehead atoms. The van der Waals surface area contributed by atoms with Crippen molar-refractivity contribution in [3.05, 3.63) is 0 Å². The summed E-state index contributed by atoms with van der Waals surface area (Å²) in [6.45, 7) is 9.25. The number of hydrogen-bond acceptors (Lipinski definition) is 2. The Bertz CT molecular complexity index is 151. The first-order valence-corrected chi connectivity index (χ1v) is 6.68. The quantitative estimate of drug-likeness (QED) is 0.634. The summed E-state index contributed by atoms with van der Waals surface area (Å²) in [5, 5.41) is 6.97. The lowest BCUT2D eigenvalue weighted by Gasteiger charge is -2.33. The van der Waals surface area contributed by atoms with Crippen molar-refractivity contribution >= 4 is 0 Å². The van der Waals surface area contributed by atoms with Gasteiger partial charge in [-0.2, -0.15) is 0 Å². The first-order chi connectivity index (χ1) is 7.27. The monoisotopic (exact) mass is 212 g/mol. The lowest BCUT2D eigenvalue weighted by atomic mass is 9.76. The van der Waals surface area contributed by atoms with Crippen LogP contribution in [0, 0.1) is 5.41 Å². The molecule has 0 aromatic rings. The van der Waals surface area contributed by atoms with Crippen molar-refractivity contribution in [1.29, 1.82) is 0 Å². The standard InChI is InChI=1S/C13H28N2/c1-3-14-10-7-11-15-12-13(2)8-5-4-6-9-13/h14-15H,3-12H2,1-2H3. The predicted octanol–water partition coefficient (Wildman–Crippen LogP) is 2.55. The predicted molar refractivity (Wildman–Crippen MR) is 67.2 cm³/mol. The normalized spacial score (nSPS) is 20.4. The van der Waals surface area contributed by atoms with Crippen LogP contribution >= 0.6 is 0 Å². The zero-order valence-electron chi connectivity index (χ0n) is 10.6. The third-order valence-corrected chi connectivity index (χ3v) is 3.57. The van der Waals surface area contributed by atoms with Gasteiger partial charge in [0.15, 0.2) is 0 Å². The molecule has 1 rings (SSSR count). The molecule has 1 saturated carbocycles. The van der Waals surface area contributed by atoms with Gasteiger partial charge < -0.3 is 10.6 Å². The van der Waals surface area contributed by atoms with Crippen LogP contribution < -0.4 is 10.6 Å². The highest BCUT2D eigenvalue weighted by Crippen LogP contribution is 2.34. The van der Waals surface area contributed by atoms with E-state index in [1.807, 2.05) is 0 Å². The van der Waals surface area contributed by atoms with Crippen molar-refractivity contribution in [3.8, 4) is 0 Å². The van der Waals surface area contributed by atoms with E-state index in [4.69, 9.17) is 0 Å². The second-order valence-electron chi connectivity index (χ2n) is 5.26. The summed E-state index contributed by atoms with van der Waals surface area (Å²) in [4.78, 5) is 0. The lowest BCUT2D eigenvalue weighted by Crippen LogP contribution is -2.34. The van der Waals surface area contributed by atoms with Gasteiger partial charge in [-0.1, -0.05) is 33.1 Å². The van der Waals surface area contributed by atoms with Crippen LogP contribution in [0.1, 0.15) is 52.4 Å². The Kier molecular flexibility index (Phi) is 6.26. The van der Waals surface area contributed by atoms with Crippen molar-refractivity contribution < 1.29 is 0 Å². The molecule has 2 nitrogen and oxygen atoms in total. The van der Waals surface area contributed by atoms with Crippen molar-refractivity contribution in [2.24, 2.45) is 5.41 Å². The Balaban J connectivity index is 1.98. The highest BCUT2D eigenvalue weighted by atomic mass is 14.9. The minimum absolute atomic E-state index is 0.594. The molecule has 0 radical (unpaired) electrons. The summed E-state index contributed by atoms with van der Waals surface area (Å²) in [7, 11) is 0. The molecule has 15 heavy (non-hydrogen) atoms. The van der Waals surface area contributed by atoms with E-state index in [0.717, 1.165) is 13.1 Å². The number of rotatable bonds is 7. The van der Waals surface area contributed by atoms with Crippen molar-refractivity contribution in [1.82, 2.24) is 10.6 Å². The van der Waals surface area contributed by atoms with Crippen LogP contribution in [0.15, 0.2) is 0 Å². The zero-order valence-corrected chi connectivity index (χ0v) is 10.6. The molecular formula is C13H28N2. The van der Waals surface area contributed by atoms with Crippen LogP contribution in [-0.2, 0) is 0 Å². The topological polar surface area (TPSA) is 24.1 Å². The van der Waals surface area contributed by atoms with Crippen molar-refractivity contribution in [2.75, 3.05) is 26.2 Å². The molecule has 0 amide bonds. The Labute approximate surface area is 95.2 Å². The van der Waals surface area contributed by atoms with E-state index in [2.05, 4.69) is 24.5 Å². The first kappa shape index (κ1) is 13.0. The van der Waals surface area contributed by atoms with Gasteiger partial charge in [-0.25, -0.2) is 0 Å². The third-order valence-electron chi connectivity index (χ3n) is 3.57.